The van der Waals surface area contributed by atoms with Crippen LogP contribution < -0.4 is 5.32 Å². The van der Waals surface area contributed by atoms with Crippen molar-refractivity contribution in [3.8, 4) is 17.1 Å². The molecule has 0 atom stereocenters. The first-order valence-electron chi connectivity index (χ1n) is 8.81. The van der Waals surface area contributed by atoms with Gasteiger partial charge in [0.2, 0.25) is 0 Å². The van der Waals surface area contributed by atoms with E-state index in [1.165, 1.54) is 23.9 Å². The van der Waals surface area contributed by atoms with Crippen LogP contribution >= 0.6 is 0 Å². The number of rotatable bonds is 5. The number of hydrogen-bond acceptors (Lipinski definition) is 6. The van der Waals surface area contributed by atoms with Gasteiger partial charge in [0.15, 0.2) is 0 Å². The quantitative estimate of drug-likeness (QED) is 0.735. The van der Waals surface area contributed by atoms with E-state index in [1.807, 2.05) is 24.4 Å². The van der Waals surface area contributed by atoms with Crippen LogP contribution in [0.2, 0.25) is 0 Å². The Bertz CT molecular complexity index is 889. The van der Waals surface area contributed by atoms with Gasteiger partial charge in [-0.1, -0.05) is 12.5 Å². The lowest BCUT2D eigenvalue weighted by molar-refractivity contribution is 0.251. The molecule has 4 rings (SSSR count). The van der Waals surface area contributed by atoms with Crippen molar-refractivity contribution in [1.82, 2.24) is 20.2 Å². The second kappa shape index (κ2) is 6.71. The molecule has 26 heavy (non-hydrogen) atoms. The van der Waals surface area contributed by atoms with Crippen molar-refractivity contribution in [1.29, 1.82) is 0 Å². The van der Waals surface area contributed by atoms with E-state index >= 15 is 0 Å². The van der Waals surface area contributed by atoms with Crippen LogP contribution in [0.5, 0.6) is 5.75 Å². The summed E-state index contributed by atoms with van der Waals surface area (Å²) < 4.78 is 0. The van der Waals surface area contributed by atoms with Crippen molar-refractivity contribution in [3.05, 3.63) is 60.0 Å². The van der Waals surface area contributed by atoms with Crippen LogP contribution in [0.25, 0.3) is 11.4 Å². The largest absolute Gasteiger partial charge is 0.506 e. The minimum absolute atomic E-state index is 0.0875. The summed E-state index contributed by atoms with van der Waals surface area (Å²) in [6.07, 6.45) is 6.79. The first-order chi connectivity index (χ1) is 12.7. The summed E-state index contributed by atoms with van der Waals surface area (Å²) in [7, 11) is 0. The molecule has 1 aliphatic carbocycles. The summed E-state index contributed by atoms with van der Waals surface area (Å²) in [5.74, 6) is 0.878. The monoisotopic (exact) mass is 347 g/mol. The van der Waals surface area contributed by atoms with E-state index in [2.05, 4.69) is 38.5 Å². The Morgan fingerprint density at radius 2 is 1.88 bits per heavy atom. The van der Waals surface area contributed by atoms with Gasteiger partial charge >= 0.3 is 0 Å². The Morgan fingerprint density at radius 1 is 1.04 bits per heavy atom. The average molecular weight is 347 g/mol. The highest BCUT2D eigenvalue weighted by molar-refractivity contribution is 5.55. The van der Waals surface area contributed by atoms with Crippen LogP contribution in [-0.2, 0) is 5.41 Å². The fraction of sp³-hybridized carbons (Fsp3) is 0.300. The number of nitrogens with zero attached hydrogens (tertiary/aromatic N) is 4. The summed E-state index contributed by atoms with van der Waals surface area (Å²) in [6.45, 7) is 2.93. The molecule has 0 amide bonds. The number of pyridine rings is 2. The third kappa shape index (κ3) is 3.10. The SMILES string of the molecule is Cc1cccnc1C1(CNc2ccc(-c3ccc(O)cn3)nn2)CCC1. The lowest BCUT2D eigenvalue weighted by atomic mass is 9.65. The molecule has 3 aromatic rings. The van der Waals surface area contributed by atoms with Crippen LogP contribution in [0.3, 0.4) is 0 Å². The topological polar surface area (TPSA) is 83.8 Å². The van der Waals surface area contributed by atoms with Crippen LogP contribution in [0.4, 0.5) is 5.82 Å². The van der Waals surface area contributed by atoms with Gasteiger partial charge in [-0.3, -0.25) is 9.97 Å². The van der Waals surface area contributed by atoms with Crippen molar-refractivity contribution in [2.45, 2.75) is 31.6 Å². The molecule has 1 aliphatic rings. The fourth-order valence-electron chi connectivity index (χ4n) is 3.50. The molecule has 3 heterocycles. The maximum Gasteiger partial charge on any atom is 0.148 e. The van der Waals surface area contributed by atoms with Crippen molar-refractivity contribution < 1.29 is 5.11 Å². The van der Waals surface area contributed by atoms with E-state index in [0.717, 1.165) is 25.2 Å². The maximum absolute atomic E-state index is 9.32. The number of aryl methyl sites for hydroxylation is 1. The highest BCUT2D eigenvalue weighted by Crippen LogP contribution is 2.43. The number of aromatic hydroxyl groups is 1. The minimum Gasteiger partial charge on any atom is -0.506 e. The first-order valence-corrected chi connectivity index (χ1v) is 8.81. The Hall–Kier alpha value is -3.02. The summed E-state index contributed by atoms with van der Waals surface area (Å²) in [4.78, 5) is 8.79. The molecule has 2 N–H and O–H groups in total. The van der Waals surface area contributed by atoms with E-state index in [4.69, 9.17) is 0 Å². The van der Waals surface area contributed by atoms with Gasteiger partial charge in [-0.15, -0.1) is 10.2 Å². The Morgan fingerprint density at radius 3 is 2.50 bits per heavy atom. The van der Waals surface area contributed by atoms with Gasteiger partial charge in [0.1, 0.15) is 17.3 Å². The molecule has 0 aromatic carbocycles. The van der Waals surface area contributed by atoms with Crippen molar-refractivity contribution in [2.24, 2.45) is 0 Å². The summed E-state index contributed by atoms with van der Waals surface area (Å²) in [6, 6.07) is 11.2. The predicted molar refractivity (Wildman–Crippen MR) is 99.9 cm³/mol. The smallest absolute Gasteiger partial charge is 0.148 e. The zero-order valence-corrected chi connectivity index (χ0v) is 14.7. The number of hydrogen-bond donors (Lipinski definition) is 2. The number of aromatic nitrogens is 4. The van der Waals surface area contributed by atoms with Crippen LogP contribution in [0.15, 0.2) is 48.8 Å². The standard InChI is InChI=1S/C20H21N5O/c1-14-4-2-11-21-19(14)20(9-3-10-20)13-23-18-8-7-17(24-25-18)16-6-5-15(26)12-22-16/h2,4-8,11-12,26H,3,9-10,13H2,1H3,(H,23,25). The first kappa shape index (κ1) is 16.4. The molecular weight excluding hydrogens is 326 g/mol. The van der Waals surface area contributed by atoms with Gasteiger partial charge < -0.3 is 10.4 Å². The van der Waals surface area contributed by atoms with Crippen LogP contribution in [0, 0.1) is 6.92 Å². The van der Waals surface area contributed by atoms with Gasteiger partial charge in [-0.25, -0.2) is 0 Å². The van der Waals surface area contributed by atoms with Gasteiger partial charge in [0.25, 0.3) is 0 Å². The van der Waals surface area contributed by atoms with Crippen LogP contribution in [-0.4, -0.2) is 31.8 Å². The van der Waals surface area contributed by atoms with Crippen LogP contribution in [0.1, 0.15) is 30.5 Å². The molecule has 6 heteroatoms. The second-order valence-corrected chi connectivity index (χ2v) is 6.86. The second-order valence-electron chi connectivity index (χ2n) is 6.86. The summed E-state index contributed by atoms with van der Waals surface area (Å²) in [5.41, 5.74) is 3.88. The molecule has 132 valence electrons. The molecule has 0 aliphatic heterocycles. The van der Waals surface area contributed by atoms with Gasteiger partial charge in [0.05, 0.1) is 17.6 Å². The molecule has 0 radical (unpaired) electrons. The zero-order valence-electron chi connectivity index (χ0n) is 14.7. The van der Waals surface area contributed by atoms with Crippen molar-refractivity contribution in [2.75, 3.05) is 11.9 Å². The molecule has 3 aromatic heterocycles. The molecule has 0 unspecified atom stereocenters. The molecule has 6 nitrogen and oxygen atoms in total. The third-order valence-electron chi connectivity index (χ3n) is 5.11. The summed E-state index contributed by atoms with van der Waals surface area (Å²) in [5, 5.41) is 21.3. The lowest BCUT2D eigenvalue weighted by Gasteiger charge is -2.42. The average Bonchev–Trinajstić information content (AvgIpc) is 2.63. The van der Waals surface area contributed by atoms with Crippen molar-refractivity contribution in [3.63, 3.8) is 0 Å². The zero-order chi connectivity index (χ0) is 18.0. The highest BCUT2D eigenvalue weighted by Gasteiger charge is 2.40. The van der Waals surface area contributed by atoms with Gasteiger partial charge in [0, 0.05) is 18.2 Å². The van der Waals surface area contributed by atoms with E-state index in [0.29, 0.717) is 11.4 Å². The molecule has 1 saturated carbocycles. The van der Waals surface area contributed by atoms with Crippen molar-refractivity contribution >= 4 is 5.82 Å². The lowest BCUT2D eigenvalue weighted by Crippen LogP contribution is -2.42. The summed E-state index contributed by atoms with van der Waals surface area (Å²) >= 11 is 0. The maximum atomic E-state index is 9.32. The normalized spacial score (nSPS) is 15.3. The highest BCUT2D eigenvalue weighted by atomic mass is 16.3. The van der Waals surface area contributed by atoms with E-state index in [9.17, 15) is 5.11 Å². The molecule has 0 bridgehead atoms. The molecule has 1 fully saturated rings. The van der Waals surface area contributed by atoms with Gasteiger partial charge in [-0.05, 0) is 55.7 Å². The Balaban J connectivity index is 1.47. The van der Waals surface area contributed by atoms with Gasteiger partial charge in [-0.2, -0.15) is 0 Å². The molecule has 0 saturated heterocycles. The van der Waals surface area contributed by atoms with E-state index < -0.39 is 0 Å². The number of anilines is 1. The Kier molecular flexibility index (Phi) is 4.24. The predicted octanol–water partition coefficient (Wildman–Crippen LogP) is 3.48. The fourth-order valence-corrected chi connectivity index (χ4v) is 3.50. The molecule has 0 spiro atoms. The number of nitrogens with one attached hydrogen (secondary N) is 1. The minimum atomic E-state index is 0.0875. The van der Waals surface area contributed by atoms with E-state index in [1.54, 1.807) is 12.1 Å². The molecular formula is C20H21N5O. The third-order valence-corrected chi connectivity index (χ3v) is 5.11. The van der Waals surface area contributed by atoms with E-state index in [-0.39, 0.29) is 11.2 Å². The Labute approximate surface area is 152 Å².